The number of nitrogens with one attached hydrogen (secondary N) is 1. The van der Waals surface area contributed by atoms with Gasteiger partial charge < -0.3 is 11.1 Å². The van der Waals surface area contributed by atoms with Gasteiger partial charge >= 0.3 is 0 Å². The Morgan fingerprint density at radius 3 is 2.83 bits per heavy atom. The van der Waals surface area contributed by atoms with Gasteiger partial charge in [0.05, 0.1) is 0 Å². The Bertz CT molecular complexity index is 575. The summed E-state index contributed by atoms with van der Waals surface area (Å²) in [7, 11) is 0. The van der Waals surface area contributed by atoms with Crippen molar-refractivity contribution in [3.8, 4) is 0 Å². The SMILES string of the molecule is Cc1ccc(NCC2Cc3ccccc32)cc1N. The fourth-order valence-electron chi connectivity index (χ4n) is 2.54. The third kappa shape index (κ3) is 1.94. The lowest BCUT2D eigenvalue weighted by Crippen LogP contribution is -2.24. The molecule has 0 fully saturated rings. The number of aryl methyl sites for hydroxylation is 1. The highest BCUT2D eigenvalue weighted by molar-refractivity contribution is 5.58. The first-order valence-electron chi connectivity index (χ1n) is 6.42. The molecule has 2 aromatic carbocycles. The van der Waals surface area contributed by atoms with Crippen LogP contribution in [0, 0.1) is 6.92 Å². The largest absolute Gasteiger partial charge is 0.398 e. The van der Waals surface area contributed by atoms with Crippen LogP contribution in [-0.2, 0) is 6.42 Å². The lowest BCUT2D eigenvalue weighted by molar-refractivity contribution is 0.636. The molecule has 0 heterocycles. The predicted octanol–water partition coefficient (Wildman–Crippen LogP) is 3.33. The Hall–Kier alpha value is -1.96. The molecule has 92 valence electrons. The zero-order chi connectivity index (χ0) is 12.5. The van der Waals surface area contributed by atoms with Crippen LogP contribution in [0.15, 0.2) is 42.5 Å². The number of anilines is 2. The summed E-state index contributed by atoms with van der Waals surface area (Å²) < 4.78 is 0. The molecule has 1 aliphatic rings. The highest BCUT2D eigenvalue weighted by Gasteiger charge is 2.24. The van der Waals surface area contributed by atoms with Crippen LogP contribution in [0.3, 0.4) is 0 Å². The molecule has 1 unspecified atom stereocenters. The molecule has 2 aromatic rings. The number of nitrogens with two attached hydrogens (primary N) is 1. The third-order valence-corrected chi connectivity index (χ3v) is 3.79. The molecule has 0 spiro atoms. The van der Waals surface area contributed by atoms with Gasteiger partial charge in [-0.05, 0) is 42.2 Å². The second-order valence-corrected chi connectivity index (χ2v) is 5.05. The molecular weight excluding hydrogens is 220 g/mol. The van der Waals surface area contributed by atoms with Gasteiger partial charge in [0, 0.05) is 23.8 Å². The van der Waals surface area contributed by atoms with Gasteiger partial charge in [-0.1, -0.05) is 30.3 Å². The zero-order valence-corrected chi connectivity index (χ0v) is 10.6. The number of benzene rings is 2. The van der Waals surface area contributed by atoms with Crippen molar-refractivity contribution in [3.63, 3.8) is 0 Å². The Morgan fingerprint density at radius 2 is 2.06 bits per heavy atom. The Kier molecular flexibility index (Phi) is 2.71. The summed E-state index contributed by atoms with van der Waals surface area (Å²) in [4.78, 5) is 0. The zero-order valence-electron chi connectivity index (χ0n) is 10.6. The maximum Gasteiger partial charge on any atom is 0.0364 e. The van der Waals surface area contributed by atoms with E-state index in [0.29, 0.717) is 5.92 Å². The van der Waals surface area contributed by atoms with E-state index in [1.54, 1.807) is 0 Å². The van der Waals surface area contributed by atoms with Crippen molar-refractivity contribution in [1.82, 2.24) is 0 Å². The Morgan fingerprint density at radius 1 is 1.22 bits per heavy atom. The molecule has 2 nitrogen and oxygen atoms in total. The molecule has 0 amide bonds. The van der Waals surface area contributed by atoms with Crippen LogP contribution < -0.4 is 11.1 Å². The molecule has 0 radical (unpaired) electrons. The molecular formula is C16H18N2. The number of nitrogen functional groups attached to an aromatic ring is 1. The summed E-state index contributed by atoms with van der Waals surface area (Å²) in [6.45, 7) is 3.01. The van der Waals surface area contributed by atoms with Gasteiger partial charge in [0.2, 0.25) is 0 Å². The van der Waals surface area contributed by atoms with Crippen molar-refractivity contribution in [1.29, 1.82) is 0 Å². The highest BCUT2D eigenvalue weighted by Crippen LogP contribution is 2.34. The van der Waals surface area contributed by atoms with Gasteiger partial charge in [0.25, 0.3) is 0 Å². The first-order chi connectivity index (χ1) is 8.74. The van der Waals surface area contributed by atoms with Crippen molar-refractivity contribution >= 4 is 11.4 Å². The minimum atomic E-state index is 0.642. The van der Waals surface area contributed by atoms with Crippen LogP contribution in [0.5, 0.6) is 0 Å². The highest BCUT2D eigenvalue weighted by atomic mass is 14.9. The minimum Gasteiger partial charge on any atom is -0.398 e. The first kappa shape index (κ1) is 11.1. The van der Waals surface area contributed by atoms with E-state index in [1.807, 2.05) is 13.0 Å². The molecule has 1 atom stereocenters. The molecule has 0 aromatic heterocycles. The number of fused-ring (bicyclic) bond motifs is 1. The van der Waals surface area contributed by atoms with Crippen LogP contribution in [0.1, 0.15) is 22.6 Å². The molecule has 3 N–H and O–H groups in total. The Labute approximate surface area is 108 Å². The van der Waals surface area contributed by atoms with Crippen molar-refractivity contribution in [2.45, 2.75) is 19.3 Å². The maximum absolute atomic E-state index is 5.91. The van der Waals surface area contributed by atoms with Gasteiger partial charge in [0.1, 0.15) is 0 Å². The van der Waals surface area contributed by atoms with Crippen LogP contribution in [0.2, 0.25) is 0 Å². The van der Waals surface area contributed by atoms with Crippen molar-refractivity contribution in [2.24, 2.45) is 0 Å². The predicted molar refractivity (Wildman–Crippen MR) is 77.0 cm³/mol. The van der Waals surface area contributed by atoms with E-state index in [2.05, 4.69) is 41.7 Å². The van der Waals surface area contributed by atoms with E-state index >= 15 is 0 Å². The molecule has 0 saturated heterocycles. The standard InChI is InChI=1S/C16H18N2/c1-11-6-7-14(9-16(11)17)18-10-13-8-12-4-2-3-5-15(12)13/h2-7,9,13,18H,8,10,17H2,1H3. The molecule has 0 bridgehead atoms. The van der Waals surface area contributed by atoms with Crippen LogP contribution in [-0.4, -0.2) is 6.54 Å². The third-order valence-electron chi connectivity index (χ3n) is 3.79. The van der Waals surface area contributed by atoms with Crippen molar-refractivity contribution < 1.29 is 0 Å². The second-order valence-electron chi connectivity index (χ2n) is 5.05. The normalized spacial score (nSPS) is 16.8. The summed E-state index contributed by atoms with van der Waals surface area (Å²) in [5.74, 6) is 0.642. The second kappa shape index (κ2) is 4.37. The summed E-state index contributed by atoms with van der Waals surface area (Å²) in [6.07, 6.45) is 1.19. The van der Waals surface area contributed by atoms with Gasteiger partial charge in [-0.2, -0.15) is 0 Å². The fourth-order valence-corrected chi connectivity index (χ4v) is 2.54. The number of rotatable bonds is 3. The lowest BCUT2D eigenvalue weighted by Gasteiger charge is -2.30. The average molecular weight is 238 g/mol. The molecule has 18 heavy (non-hydrogen) atoms. The van der Waals surface area contributed by atoms with Crippen LogP contribution in [0.25, 0.3) is 0 Å². The molecule has 1 aliphatic carbocycles. The van der Waals surface area contributed by atoms with Gasteiger partial charge in [-0.3, -0.25) is 0 Å². The van der Waals surface area contributed by atoms with Gasteiger partial charge in [-0.15, -0.1) is 0 Å². The van der Waals surface area contributed by atoms with E-state index in [-0.39, 0.29) is 0 Å². The fraction of sp³-hybridized carbons (Fsp3) is 0.250. The minimum absolute atomic E-state index is 0.642. The van der Waals surface area contributed by atoms with E-state index in [0.717, 1.165) is 23.5 Å². The summed E-state index contributed by atoms with van der Waals surface area (Å²) in [5, 5.41) is 3.48. The number of hydrogen-bond acceptors (Lipinski definition) is 2. The molecule has 0 aliphatic heterocycles. The van der Waals surface area contributed by atoms with Crippen molar-refractivity contribution in [3.05, 3.63) is 59.2 Å². The lowest BCUT2D eigenvalue weighted by atomic mass is 9.77. The van der Waals surface area contributed by atoms with E-state index in [4.69, 9.17) is 5.73 Å². The molecule has 0 saturated carbocycles. The summed E-state index contributed by atoms with van der Waals surface area (Å²) >= 11 is 0. The average Bonchev–Trinajstić information content (AvgIpc) is 2.35. The monoisotopic (exact) mass is 238 g/mol. The topological polar surface area (TPSA) is 38.0 Å². The van der Waals surface area contributed by atoms with Gasteiger partial charge in [0.15, 0.2) is 0 Å². The van der Waals surface area contributed by atoms with E-state index in [9.17, 15) is 0 Å². The van der Waals surface area contributed by atoms with Crippen LogP contribution >= 0.6 is 0 Å². The van der Waals surface area contributed by atoms with Crippen molar-refractivity contribution in [2.75, 3.05) is 17.6 Å². The Balaban J connectivity index is 1.65. The number of hydrogen-bond donors (Lipinski definition) is 2. The summed E-state index contributed by atoms with van der Waals surface area (Å²) in [6, 6.07) is 14.9. The van der Waals surface area contributed by atoms with E-state index in [1.165, 1.54) is 17.5 Å². The summed E-state index contributed by atoms with van der Waals surface area (Å²) in [5.41, 5.74) is 12.0. The van der Waals surface area contributed by atoms with E-state index < -0.39 is 0 Å². The molecule has 3 rings (SSSR count). The quantitative estimate of drug-likeness (QED) is 0.805. The first-order valence-corrected chi connectivity index (χ1v) is 6.42. The molecule has 2 heteroatoms. The smallest absolute Gasteiger partial charge is 0.0364 e. The van der Waals surface area contributed by atoms with Crippen LogP contribution in [0.4, 0.5) is 11.4 Å². The van der Waals surface area contributed by atoms with Gasteiger partial charge in [-0.25, -0.2) is 0 Å². The maximum atomic E-state index is 5.91.